The van der Waals surface area contributed by atoms with Crippen molar-refractivity contribution in [2.45, 2.75) is 31.1 Å². The lowest BCUT2D eigenvalue weighted by atomic mass is 10.2. The van der Waals surface area contributed by atoms with E-state index in [1.807, 2.05) is 0 Å². The van der Waals surface area contributed by atoms with Crippen LogP contribution in [0.4, 0.5) is 5.69 Å². The van der Waals surface area contributed by atoms with Crippen molar-refractivity contribution in [2.75, 3.05) is 19.0 Å². The summed E-state index contributed by atoms with van der Waals surface area (Å²) in [5.41, 5.74) is 1.01. The Morgan fingerprint density at radius 3 is 2.23 bits per heavy atom. The molecule has 0 spiro atoms. The van der Waals surface area contributed by atoms with E-state index < -0.39 is 10.0 Å². The molecule has 0 saturated carbocycles. The molecule has 0 aliphatic carbocycles. The first-order valence-electron chi connectivity index (χ1n) is 8.51. The Labute approximate surface area is 154 Å². The zero-order chi connectivity index (χ0) is 19.0. The van der Waals surface area contributed by atoms with Crippen LogP contribution >= 0.6 is 0 Å². The maximum atomic E-state index is 12.3. The Bertz CT molecular complexity index is 816. The highest BCUT2D eigenvalue weighted by Gasteiger charge is 2.14. The van der Waals surface area contributed by atoms with E-state index in [4.69, 9.17) is 4.74 Å². The summed E-state index contributed by atoms with van der Waals surface area (Å²) >= 11 is 0. The van der Waals surface area contributed by atoms with Crippen LogP contribution in [-0.4, -0.2) is 28.0 Å². The van der Waals surface area contributed by atoms with Gasteiger partial charge in [0.2, 0.25) is 10.0 Å². The van der Waals surface area contributed by atoms with Gasteiger partial charge in [-0.1, -0.05) is 19.8 Å². The SMILES string of the molecule is CCCCCNS(=O)(=O)c1ccc(C(=O)Nc2ccc(OC)cc2)cc1. The van der Waals surface area contributed by atoms with Gasteiger partial charge in [0.25, 0.3) is 5.91 Å². The third kappa shape index (κ3) is 5.57. The summed E-state index contributed by atoms with van der Waals surface area (Å²) in [5.74, 6) is 0.388. The topological polar surface area (TPSA) is 84.5 Å². The first kappa shape index (κ1) is 19.9. The van der Waals surface area contributed by atoms with Gasteiger partial charge in [0.05, 0.1) is 12.0 Å². The fourth-order valence-electron chi connectivity index (χ4n) is 2.33. The molecular formula is C19H24N2O4S. The van der Waals surface area contributed by atoms with Crippen LogP contribution < -0.4 is 14.8 Å². The van der Waals surface area contributed by atoms with Crippen LogP contribution in [-0.2, 0) is 10.0 Å². The maximum absolute atomic E-state index is 12.3. The number of methoxy groups -OCH3 is 1. The van der Waals surface area contributed by atoms with Gasteiger partial charge in [-0.05, 0) is 55.0 Å². The number of carbonyl (C=O) groups excluding carboxylic acids is 1. The molecule has 0 radical (unpaired) electrons. The molecule has 0 atom stereocenters. The summed E-state index contributed by atoms with van der Waals surface area (Å²) in [4.78, 5) is 12.4. The number of hydrogen-bond acceptors (Lipinski definition) is 4. The smallest absolute Gasteiger partial charge is 0.255 e. The van der Waals surface area contributed by atoms with Gasteiger partial charge < -0.3 is 10.1 Å². The minimum Gasteiger partial charge on any atom is -0.497 e. The van der Waals surface area contributed by atoms with Crippen molar-refractivity contribution >= 4 is 21.6 Å². The van der Waals surface area contributed by atoms with Crippen LogP contribution in [0.1, 0.15) is 36.5 Å². The molecule has 2 aromatic rings. The molecule has 26 heavy (non-hydrogen) atoms. The molecule has 0 fully saturated rings. The van der Waals surface area contributed by atoms with Gasteiger partial charge in [-0.25, -0.2) is 13.1 Å². The van der Waals surface area contributed by atoms with Crippen molar-refractivity contribution in [1.82, 2.24) is 4.72 Å². The van der Waals surface area contributed by atoms with E-state index in [1.54, 1.807) is 31.4 Å². The number of amides is 1. The fourth-order valence-corrected chi connectivity index (χ4v) is 3.40. The molecule has 0 heterocycles. The van der Waals surface area contributed by atoms with Crippen molar-refractivity contribution in [3.63, 3.8) is 0 Å². The van der Waals surface area contributed by atoms with Gasteiger partial charge in [-0.2, -0.15) is 0 Å². The summed E-state index contributed by atoms with van der Waals surface area (Å²) in [6.45, 7) is 2.47. The average Bonchev–Trinajstić information content (AvgIpc) is 2.66. The highest BCUT2D eigenvalue weighted by Crippen LogP contribution is 2.17. The lowest BCUT2D eigenvalue weighted by molar-refractivity contribution is 0.102. The summed E-state index contributed by atoms with van der Waals surface area (Å²) in [7, 11) is -1.97. The number of nitrogens with one attached hydrogen (secondary N) is 2. The zero-order valence-corrected chi connectivity index (χ0v) is 15.8. The second-order valence-electron chi connectivity index (χ2n) is 5.81. The predicted molar refractivity (Wildman–Crippen MR) is 102 cm³/mol. The molecule has 6 nitrogen and oxygen atoms in total. The van der Waals surface area contributed by atoms with Crippen molar-refractivity contribution in [3.05, 3.63) is 54.1 Å². The molecule has 7 heteroatoms. The van der Waals surface area contributed by atoms with Crippen LogP contribution in [0.15, 0.2) is 53.4 Å². The fraction of sp³-hybridized carbons (Fsp3) is 0.316. The normalized spacial score (nSPS) is 11.2. The molecule has 1 amide bonds. The number of rotatable bonds is 9. The van der Waals surface area contributed by atoms with E-state index in [0.29, 0.717) is 23.5 Å². The van der Waals surface area contributed by atoms with E-state index in [0.717, 1.165) is 19.3 Å². The lowest BCUT2D eigenvalue weighted by Crippen LogP contribution is -2.24. The van der Waals surface area contributed by atoms with E-state index in [2.05, 4.69) is 17.0 Å². The first-order valence-corrected chi connectivity index (χ1v) is 9.99. The molecule has 2 aromatic carbocycles. The van der Waals surface area contributed by atoms with E-state index >= 15 is 0 Å². The molecule has 0 aromatic heterocycles. The number of carbonyl (C=O) groups is 1. The number of hydrogen-bond donors (Lipinski definition) is 2. The highest BCUT2D eigenvalue weighted by atomic mass is 32.2. The van der Waals surface area contributed by atoms with Crippen LogP contribution in [0, 0.1) is 0 Å². The number of ether oxygens (including phenoxy) is 1. The lowest BCUT2D eigenvalue weighted by Gasteiger charge is -2.09. The number of anilines is 1. The molecule has 2 N–H and O–H groups in total. The van der Waals surface area contributed by atoms with Crippen molar-refractivity contribution in [3.8, 4) is 5.75 Å². The van der Waals surface area contributed by atoms with Crippen molar-refractivity contribution < 1.29 is 17.9 Å². The third-order valence-corrected chi connectivity index (χ3v) is 5.32. The molecule has 0 aliphatic rings. The zero-order valence-electron chi connectivity index (χ0n) is 15.0. The first-order chi connectivity index (χ1) is 12.5. The number of unbranched alkanes of at least 4 members (excludes halogenated alkanes) is 2. The molecule has 0 bridgehead atoms. The molecule has 140 valence electrons. The highest BCUT2D eigenvalue weighted by molar-refractivity contribution is 7.89. The quantitative estimate of drug-likeness (QED) is 0.657. The Morgan fingerprint density at radius 2 is 1.65 bits per heavy atom. The van der Waals surface area contributed by atoms with Gasteiger partial charge in [-0.3, -0.25) is 4.79 Å². The Kier molecular flexibility index (Phi) is 7.17. The second kappa shape index (κ2) is 9.35. The number of benzene rings is 2. The van der Waals surface area contributed by atoms with Crippen molar-refractivity contribution in [1.29, 1.82) is 0 Å². The molecule has 2 rings (SSSR count). The summed E-state index contributed by atoms with van der Waals surface area (Å²) < 4.78 is 32.0. The maximum Gasteiger partial charge on any atom is 0.255 e. The standard InChI is InChI=1S/C19H24N2O4S/c1-3-4-5-14-20-26(23,24)18-12-6-15(7-13-18)19(22)21-16-8-10-17(25-2)11-9-16/h6-13,20H,3-5,14H2,1-2H3,(H,21,22). The van der Waals surface area contributed by atoms with Crippen LogP contribution in [0.25, 0.3) is 0 Å². The van der Waals surface area contributed by atoms with Crippen molar-refractivity contribution in [2.24, 2.45) is 0 Å². The van der Waals surface area contributed by atoms with E-state index in [9.17, 15) is 13.2 Å². The summed E-state index contributed by atoms with van der Waals surface area (Å²) in [5, 5.41) is 2.76. The van der Waals surface area contributed by atoms with Crippen LogP contribution in [0.2, 0.25) is 0 Å². The number of sulfonamides is 1. The Hall–Kier alpha value is -2.38. The van der Waals surface area contributed by atoms with Gasteiger partial charge in [0.15, 0.2) is 0 Å². The predicted octanol–water partition coefficient (Wildman–Crippen LogP) is 3.42. The minimum absolute atomic E-state index is 0.148. The van der Waals surface area contributed by atoms with Gasteiger partial charge in [-0.15, -0.1) is 0 Å². The Morgan fingerprint density at radius 1 is 1.00 bits per heavy atom. The Balaban J connectivity index is 2.00. The molecule has 0 saturated heterocycles. The van der Waals surface area contributed by atoms with Gasteiger partial charge in [0, 0.05) is 17.8 Å². The second-order valence-corrected chi connectivity index (χ2v) is 7.58. The van der Waals surface area contributed by atoms with Gasteiger partial charge in [0.1, 0.15) is 5.75 Å². The molecule has 0 aliphatic heterocycles. The largest absolute Gasteiger partial charge is 0.497 e. The van der Waals surface area contributed by atoms with Gasteiger partial charge >= 0.3 is 0 Å². The summed E-state index contributed by atoms with van der Waals surface area (Å²) in [6, 6.07) is 12.8. The van der Waals surface area contributed by atoms with E-state index in [1.165, 1.54) is 24.3 Å². The van der Waals surface area contributed by atoms with E-state index in [-0.39, 0.29) is 10.8 Å². The minimum atomic E-state index is -3.55. The van der Waals surface area contributed by atoms with Crippen LogP contribution in [0.5, 0.6) is 5.75 Å². The molecular weight excluding hydrogens is 352 g/mol. The average molecular weight is 376 g/mol. The summed E-state index contributed by atoms with van der Waals surface area (Å²) in [6.07, 6.45) is 2.81. The third-order valence-electron chi connectivity index (χ3n) is 3.85. The van der Waals surface area contributed by atoms with Crippen LogP contribution in [0.3, 0.4) is 0 Å². The molecule has 0 unspecified atom stereocenters. The monoisotopic (exact) mass is 376 g/mol.